The number of anilines is 1. The summed E-state index contributed by atoms with van der Waals surface area (Å²) >= 11 is 3.37. The maximum Gasteiger partial charge on any atom is 0.249 e. The van der Waals surface area contributed by atoms with Gasteiger partial charge in [-0.1, -0.05) is 12.1 Å². The second-order valence-corrected chi connectivity index (χ2v) is 4.37. The molecule has 1 atom stereocenters. The van der Waals surface area contributed by atoms with Gasteiger partial charge in [-0.15, -0.1) is 0 Å². The predicted molar refractivity (Wildman–Crippen MR) is 67.5 cm³/mol. The number of para-hydroxylation sites is 1. The average molecular weight is 295 g/mol. The first-order chi connectivity index (χ1) is 8.18. The van der Waals surface area contributed by atoms with E-state index in [-0.39, 0.29) is 5.91 Å². The van der Waals surface area contributed by atoms with E-state index in [2.05, 4.69) is 31.3 Å². The van der Waals surface area contributed by atoms with E-state index in [1.165, 1.54) is 17.3 Å². The van der Waals surface area contributed by atoms with E-state index in [0.29, 0.717) is 0 Å². The number of rotatable bonds is 3. The number of benzene rings is 1. The largest absolute Gasteiger partial charge is 0.323 e. The van der Waals surface area contributed by atoms with Crippen LogP contribution in [0, 0.1) is 0 Å². The first kappa shape index (κ1) is 11.8. The van der Waals surface area contributed by atoms with Crippen LogP contribution in [0.1, 0.15) is 13.0 Å². The molecule has 0 aliphatic carbocycles. The summed E-state index contributed by atoms with van der Waals surface area (Å²) in [4.78, 5) is 15.8. The van der Waals surface area contributed by atoms with Crippen LogP contribution < -0.4 is 5.32 Å². The molecule has 17 heavy (non-hydrogen) atoms. The van der Waals surface area contributed by atoms with Crippen LogP contribution >= 0.6 is 15.9 Å². The van der Waals surface area contributed by atoms with Gasteiger partial charge in [0, 0.05) is 4.47 Å². The van der Waals surface area contributed by atoms with E-state index in [1.807, 2.05) is 24.3 Å². The van der Waals surface area contributed by atoms with E-state index in [0.717, 1.165) is 10.2 Å². The number of aromatic nitrogens is 3. The van der Waals surface area contributed by atoms with Crippen molar-refractivity contribution >= 4 is 27.5 Å². The van der Waals surface area contributed by atoms with Crippen molar-refractivity contribution in [2.45, 2.75) is 13.0 Å². The third-order valence-corrected chi connectivity index (χ3v) is 3.04. The van der Waals surface area contributed by atoms with Crippen molar-refractivity contribution in [1.29, 1.82) is 0 Å². The van der Waals surface area contributed by atoms with Gasteiger partial charge >= 0.3 is 0 Å². The van der Waals surface area contributed by atoms with Crippen molar-refractivity contribution in [1.82, 2.24) is 14.8 Å². The molecule has 2 rings (SSSR count). The maximum atomic E-state index is 11.9. The highest BCUT2D eigenvalue weighted by Crippen LogP contribution is 2.22. The van der Waals surface area contributed by atoms with Crippen LogP contribution in [0.5, 0.6) is 0 Å². The second kappa shape index (κ2) is 5.09. The van der Waals surface area contributed by atoms with E-state index < -0.39 is 6.04 Å². The van der Waals surface area contributed by atoms with E-state index >= 15 is 0 Å². The normalized spacial score (nSPS) is 12.1. The molecular weight excluding hydrogens is 284 g/mol. The van der Waals surface area contributed by atoms with Crippen molar-refractivity contribution in [3.05, 3.63) is 41.4 Å². The molecule has 1 aromatic carbocycles. The van der Waals surface area contributed by atoms with Gasteiger partial charge in [-0.2, -0.15) is 5.10 Å². The summed E-state index contributed by atoms with van der Waals surface area (Å²) < 4.78 is 2.35. The van der Waals surface area contributed by atoms with Gasteiger partial charge in [0.2, 0.25) is 5.91 Å². The number of hydrogen-bond donors (Lipinski definition) is 1. The Morgan fingerprint density at radius 1 is 1.47 bits per heavy atom. The molecule has 1 aromatic heterocycles. The molecule has 6 heteroatoms. The molecule has 1 amide bonds. The van der Waals surface area contributed by atoms with E-state index in [9.17, 15) is 4.79 Å². The predicted octanol–water partition coefficient (Wildman–Crippen LogP) is 2.24. The SMILES string of the molecule is CC(C(=O)Nc1ccccc1Br)n1cncn1. The number of carbonyl (C=O) groups is 1. The topological polar surface area (TPSA) is 59.8 Å². The molecule has 2 aromatic rings. The first-order valence-corrected chi connectivity index (χ1v) is 5.87. The van der Waals surface area contributed by atoms with Crippen LogP contribution in [-0.2, 0) is 4.79 Å². The number of nitrogens with one attached hydrogen (secondary N) is 1. The summed E-state index contributed by atoms with van der Waals surface area (Å²) in [5.74, 6) is -0.137. The minimum absolute atomic E-state index is 0.137. The summed E-state index contributed by atoms with van der Waals surface area (Å²) in [5, 5.41) is 6.76. The molecule has 1 heterocycles. The van der Waals surface area contributed by atoms with Crippen LogP contribution in [0.25, 0.3) is 0 Å². The Morgan fingerprint density at radius 3 is 2.88 bits per heavy atom. The van der Waals surface area contributed by atoms with Crippen molar-refractivity contribution < 1.29 is 4.79 Å². The third kappa shape index (κ3) is 2.71. The Kier molecular flexibility index (Phi) is 3.53. The molecule has 88 valence electrons. The lowest BCUT2D eigenvalue weighted by molar-refractivity contribution is -0.119. The summed E-state index contributed by atoms with van der Waals surface area (Å²) in [6.07, 6.45) is 2.92. The molecule has 5 nitrogen and oxygen atoms in total. The van der Waals surface area contributed by atoms with Crippen LogP contribution in [0.3, 0.4) is 0 Å². The zero-order valence-electron chi connectivity index (χ0n) is 9.17. The summed E-state index contributed by atoms with van der Waals surface area (Å²) in [5.41, 5.74) is 0.740. The fourth-order valence-electron chi connectivity index (χ4n) is 1.34. The van der Waals surface area contributed by atoms with Crippen molar-refractivity contribution in [3.63, 3.8) is 0 Å². The van der Waals surface area contributed by atoms with E-state index in [4.69, 9.17) is 0 Å². The number of amides is 1. The Balaban J connectivity index is 2.10. The molecule has 0 radical (unpaired) electrons. The molecular formula is C11H11BrN4O. The Labute approximate surface area is 107 Å². The molecule has 0 bridgehead atoms. The smallest absolute Gasteiger partial charge is 0.249 e. The van der Waals surface area contributed by atoms with Crippen LogP contribution in [0.15, 0.2) is 41.4 Å². The summed E-state index contributed by atoms with van der Waals surface area (Å²) in [7, 11) is 0. The van der Waals surface area contributed by atoms with Crippen molar-refractivity contribution in [2.75, 3.05) is 5.32 Å². The highest BCUT2D eigenvalue weighted by molar-refractivity contribution is 9.10. The number of hydrogen-bond acceptors (Lipinski definition) is 3. The molecule has 0 aliphatic rings. The lowest BCUT2D eigenvalue weighted by Gasteiger charge is -2.12. The molecule has 0 spiro atoms. The van der Waals surface area contributed by atoms with Gasteiger partial charge in [-0.05, 0) is 35.0 Å². The molecule has 0 aliphatic heterocycles. The van der Waals surface area contributed by atoms with Gasteiger partial charge in [0.05, 0.1) is 5.69 Å². The van der Waals surface area contributed by atoms with Crippen LogP contribution in [-0.4, -0.2) is 20.7 Å². The minimum atomic E-state index is -0.399. The van der Waals surface area contributed by atoms with Gasteiger partial charge in [0.15, 0.2) is 0 Å². The summed E-state index contributed by atoms with van der Waals surface area (Å²) in [6.45, 7) is 1.76. The third-order valence-electron chi connectivity index (χ3n) is 2.34. The minimum Gasteiger partial charge on any atom is -0.323 e. The molecule has 1 N–H and O–H groups in total. The van der Waals surface area contributed by atoms with Crippen LogP contribution in [0.4, 0.5) is 5.69 Å². The summed E-state index contributed by atoms with van der Waals surface area (Å²) in [6, 6.07) is 7.05. The average Bonchev–Trinajstić information content (AvgIpc) is 2.84. The fourth-order valence-corrected chi connectivity index (χ4v) is 1.72. The first-order valence-electron chi connectivity index (χ1n) is 5.08. The lowest BCUT2D eigenvalue weighted by Crippen LogP contribution is -2.24. The number of carbonyl (C=O) groups excluding carboxylic acids is 1. The van der Waals surface area contributed by atoms with E-state index in [1.54, 1.807) is 6.92 Å². The molecule has 0 saturated carbocycles. The number of nitrogens with zero attached hydrogens (tertiary/aromatic N) is 3. The highest BCUT2D eigenvalue weighted by Gasteiger charge is 2.16. The Bertz CT molecular complexity index is 512. The fraction of sp³-hybridized carbons (Fsp3) is 0.182. The monoisotopic (exact) mass is 294 g/mol. The van der Waals surface area contributed by atoms with Crippen molar-refractivity contribution in [3.8, 4) is 0 Å². The van der Waals surface area contributed by atoms with Gasteiger partial charge in [0.1, 0.15) is 18.7 Å². The van der Waals surface area contributed by atoms with Crippen LogP contribution in [0.2, 0.25) is 0 Å². The van der Waals surface area contributed by atoms with Crippen molar-refractivity contribution in [2.24, 2.45) is 0 Å². The molecule has 0 fully saturated rings. The lowest BCUT2D eigenvalue weighted by atomic mass is 10.3. The molecule has 0 saturated heterocycles. The maximum absolute atomic E-state index is 11.9. The van der Waals surface area contributed by atoms with Gasteiger partial charge in [-0.3, -0.25) is 4.79 Å². The Hall–Kier alpha value is -1.69. The highest BCUT2D eigenvalue weighted by atomic mass is 79.9. The zero-order valence-corrected chi connectivity index (χ0v) is 10.8. The Morgan fingerprint density at radius 2 is 2.24 bits per heavy atom. The standard InChI is InChI=1S/C11H11BrN4O/c1-8(16-7-13-6-14-16)11(17)15-10-5-3-2-4-9(10)12/h2-8H,1H3,(H,15,17). The zero-order chi connectivity index (χ0) is 12.3. The van der Waals surface area contributed by atoms with Gasteiger partial charge < -0.3 is 5.32 Å². The second-order valence-electron chi connectivity index (χ2n) is 3.52. The van der Waals surface area contributed by atoms with Gasteiger partial charge in [-0.25, -0.2) is 9.67 Å². The molecule has 1 unspecified atom stereocenters. The van der Waals surface area contributed by atoms with Gasteiger partial charge in [0.25, 0.3) is 0 Å². The quantitative estimate of drug-likeness (QED) is 0.944. The number of halogens is 1.